The van der Waals surface area contributed by atoms with Gasteiger partial charge in [0.2, 0.25) is 0 Å². The molecule has 78 valence electrons. The molecule has 1 aliphatic rings. The molecule has 0 N–H and O–H groups in total. The van der Waals surface area contributed by atoms with Crippen molar-refractivity contribution in [1.82, 2.24) is 4.90 Å². The summed E-state index contributed by atoms with van der Waals surface area (Å²) in [5.41, 5.74) is 1.34. The predicted octanol–water partition coefficient (Wildman–Crippen LogP) is -2.06. The topological polar surface area (TPSA) is 12.5 Å². The van der Waals surface area contributed by atoms with Crippen molar-refractivity contribution in [3.05, 3.63) is 35.9 Å². The van der Waals surface area contributed by atoms with E-state index in [-0.39, 0.29) is 40.0 Å². The van der Waals surface area contributed by atoms with Crippen molar-refractivity contribution < 1.29 is 21.7 Å². The van der Waals surface area contributed by atoms with Gasteiger partial charge in [0.05, 0.1) is 13.2 Å². The summed E-state index contributed by atoms with van der Waals surface area (Å²) in [5, 5.41) is 0. The molecule has 0 saturated carbocycles. The summed E-state index contributed by atoms with van der Waals surface area (Å²) in [6.07, 6.45) is 0. The molecular weight excluding hydrogens is 266 g/mol. The first-order chi connectivity index (χ1) is 6.45. The first-order valence-electron chi connectivity index (χ1n) is 4.70. The van der Waals surface area contributed by atoms with Gasteiger partial charge >= 0.3 is 23.1 Å². The molecule has 4 heteroatoms. The molecular formula is C11H14BrMgNO. The third-order valence-corrected chi connectivity index (χ3v) is 2.28. The molecule has 2 rings (SSSR count). The van der Waals surface area contributed by atoms with Gasteiger partial charge in [-0.1, -0.05) is 0 Å². The number of rotatable bonds is 2. The number of morpholine rings is 1. The summed E-state index contributed by atoms with van der Waals surface area (Å²) in [5.74, 6) is 0. The summed E-state index contributed by atoms with van der Waals surface area (Å²) in [7, 11) is 0. The zero-order chi connectivity index (χ0) is 8.93. The third-order valence-electron chi connectivity index (χ3n) is 2.28. The molecule has 0 bridgehead atoms. The minimum atomic E-state index is 0. The van der Waals surface area contributed by atoms with Crippen LogP contribution in [0.25, 0.3) is 0 Å². The SMILES string of the molecule is [Br-].[Mg+2].[c-]1cccc(CN2CCOCC2)c1. The van der Waals surface area contributed by atoms with E-state index in [9.17, 15) is 0 Å². The molecule has 1 saturated heterocycles. The molecule has 1 fully saturated rings. The molecule has 1 aliphatic heterocycles. The standard InChI is InChI=1S/C11H14NO.BrH.Mg/c1-2-4-11(5-3-1)10-12-6-8-13-9-7-12;;/h1-2,4-5H,6-10H2;1H;/q-1;;+2/p-1. The Hall–Kier alpha value is 0.386. The summed E-state index contributed by atoms with van der Waals surface area (Å²) >= 11 is 0. The fraction of sp³-hybridized carbons (Fsp3) is 0.455. The molecule has 1 aromatic carbocycles. The van der Waals surface area contributed by atoms with Gasteiger partial charge in [0, 0.05) is 13.1 Å². The van der Waals surface area contributed by atoms with Crippen molar-refractivity contribution in [2.45, 2.75) is 6.54 Å². The summed E-state index contributed by atoms with van der Waals surface area (Å²) in [4.78, 5) is 2.41. The van der Waals surface area contributed by atoms with Crippen molar-refractivity contribution in [3.8, 4) is 0 Å². The monoisotopic (exact) mass is 279 g/mol. The van der Waals surface area contributed by atoms with E-state index in [2.05, 4.69) is 23.1 Å². The first-order valence-corrected chi connectivity index (χ1v) is 4.70. The van der Waals surface area contributed by atoms with Crippen molar-refractivity contribution in [1.29, 1.82) is 0 Å². The average molecular weight is 280 g/mol. The van der Waals surface area contributed by atoms with E-state index >= 15 is 0 Å². The van der Waals surface area contributed by atoms with Gasteiger partial charge in [-0.15, -0.1) is 5.56 Å². The number of nitrogens with zero attached hydrogens (tertiary/aromatic N) is 1. The zero-order valence-electron chi connectivity index (χ0n) is 8.79. The second-order valence-corrected chi connectivity index (χ2v) is 3.30. The summed E-state index contributed by atoms with van der Waals surface area (Å²) in [6.45, 7) is 4.87. The largest absolute Gasteiger partial charge is 2.00 e. The number of halogens is 1. The van der Waals surface area contributed by atoms with Gasteiger partial charge in [-0.05, 0) is 6.54 Å². The van der Waals surface area contributed by atoms with Crippen LogP contribution in [0.5, 0.6) is 0 Å². The fourth-order valence-corrected chi connectivity index (χ4v) is 1.55. The van der Waals surface area contributed by atoms with Crippen LogP contribution in [-0.4, -0.2) is 54.3 Å². The Kier molecular flexibility index (Phi) is 8.75. The van der Waals surface area contributed by atoms with Gasteiger partial charge in [0.1, 0.15) is 0 Å². The van der Waals surface area contributed by atoms with Gasteiger partial charge < -0.3 is 26.6 Å². The minimum Gasteiger partial charge on any atom is -1.00 e. The predicted molar refractivity (Wildman–Crippen MR) is 57.1 cm³/mol. The van der Waals surface area contributed by atoms with E-state index in [1.807, 2.05) is 12.1 Å². The van der Waals surface area contributed by atoms with E-state index in [0.29, 0.717) is 0 Å². The second-order valence-electron chi connectivity index (χ2n) is 3.30. The number of benzene rings is 1. The third kappa shape index (κ3) is 5.31. The van der Waals surface area contributed by atoms with Gasteiger partial charge in [-0.3, -0.25) is 0 Å². The second kappa shape index (κ2) is 8.53. The van der Waals surface area contributed by atoms with Gasteiger partial charge in [-0.25, -0.2) is 0 Å². The fourth-order valence-electron chi connectivity index (χ4n) is 1.55. The van der Waals surface area contributed by atoms with Gasteiger partial charge in [0.15, 0.2) is 0 Å². The smallest absolute Gasteiger partial charge is 1.00 e. The van der Waals surface area contributed by atoms with E-state index in [0.717, 1.165) is 32.8 Å². The quantitative estimate of drug-likeness (QED) is 0.456. The molecule has 2 nitrogen and oxygen atoms in total. The maximum atomic E-state index is 5.29. The summed E-state index contributed by atoms with van der Waals surface area (Å²) in [6, 6.07) is 11.3. The van der Waals surface area contributed by atoms with E-state index in [4.69, 9.17) is 4.74 Å². The Morgan fingerprint density at radius 1 is 1.33 bits per heavy atom. The average Bonchev–Trinajstić information content (AvgIpc) is 2.21. The Balaban J connectivity index is 0.000000980. The van der Waals surface area contributed by atoms with E-state index in [1.165, 1.54) is 5.56 Å². The van der Waals surface area contributed by atoms with Gasteiger partial charge in [-0.2, -0.15) is 30.3 Å². The van der Waals surface area contributed by atoms with Crippen molar-refractivity contribution in [2.75, 3.05) is 26.3 Å². The van der Waals surface area contributed by atoms with Crippen LogP contribution in [0, 0.1) is 6.07 Å². The minimum absolute atomic E-state index is 0. The van der Waals surface area contributed by atoms with E-state index in [1.54, 1.807) is 0 Å². The molecule has 0 spiro atoms. The molecule has 0 aliphatic carbocycles. The zero-order valence-corrected chi connectivity index (χ0v) is 11.8. The van der Waals surface area contributed by atoms with Crippen LogP contribution in [0.4, 0.5) is 0 Å². The molecule has 15 heavy (non-hydrogen) atoms. The van der Waals surface area contributed by atoms with Crippen LogP contribution in [0.3, 0.4) is 0 Å². The molecule has 0 unspecified atom stereocenters. The van der Waals surface area contributed by atoms with Crippen molar-refractivity contribution in [2.24, 2.45) is 0 Å². The van der Waals surface area contributed by atoms with Crippen LogP contribution >= 0.6 is 0 Å². The van der Waals surface area contributed by atoms with E-state index < -0.39 is 0 Å². The number of ether oxygens (including phenoxy) is 1. The van der Waals surface area contributed by atoms with Crippen molar-refractivity contribution in [3.63, 3.8) is 0 Å². The van der Waals surface area contributed by atoms with Gasteiger partial charge in [0.25, 0.3) is 0 Å². The van der Waals surface area contributed by atoms with Crippen LogP contribution in [0.2, 0.25) is 0 Å². The Morgan fingerprint density at radius 2 is 2.07 bits per heavy atom. The molecule has 0 radical (unpaired) electrons. The molecule has 0 aromatic heterocycles. The number of hydrogen-bond acceptors (Lipinski definition) is 2. The normalized spacial score (nSPS) is 16.3. The number of hydrogen-bond donors (Lipinski definition) is 0. The van der Waals surface area contributed by atoms with Crippen LogP contribution in [-0.2, 0) is 11.3 Å². The van der Waals surface area contributed by atoms with Crippen LogP contribution in [0.15, 0.2) is 24.3 Å². The maximum Gasteiger partial charge on any atom is 2.00 e. The van der Waals surface area contributed by atoms with Crippen LogP contribution in [0.1, 0.15) is 5.56 Å². The molecule has 1 heterocycles. The van der Waals surface area contributed by atoms with Crippen LogP contribution < -0.4 is 17.0 Å². The Bertz CT molecular complexity index is 252. The first kappa shape index (κ1) is 15.4. The maximum absolute atomic E-state index is 5.29. The molecule has 0 amide bonds. The Morgan fingerprint density at radius 3 is 2.67 bits per heavy atom. The summed E-state index contributed by atoms with van der Waals surface area (Å²) < 4.78 is 5.29. The molecule has 1 aromatic rings. The van der Waals surface area contributed by atoms with Crippen molar-refractivity contribution >= 4 is 23.1 Å². The Labute approximate surface area is 118 Å². The molecule has 0 atom stereocenters.